The van der Waals surface area contributed by atoms with E-state index in [9.17, 15) is 0 Å². The molecule has 0 radical (unpaired) electrons. The van der Waals surface area contributed by atoms with Gasteiger partial charge in [0.2, 0.25) is 0 Å². The van der Waals surface area contributed by atoms with Crippen molar-refractivity contribution in [3.05, 3.63) is 33.8 Å². The first-order chi connectivity index (χ1) is 5.65. The van der Waals surface area contributed by atoms with Crippen LogP contribution in [0.3, 0.4) is 0 Å². The zero-order chi connectivity index (χ0) is 9.14. The normalized spacial score (nSPS) is 12.2. The molecule has 1 atom stereocenters. The highest BCUT2D eigenvalue weighted by molar-refractivity contribution is 9.10. The van der Waals surface area contributed by atoms with Crippen LogP contribution in [0.15, 0.2) is 22.7 Å². The van der Waals surface area contributed by atoms with Crippen molar-refractivity contribution in [1.29, 1.82) is 5.26 Å². The highest BCUT2D eigenvalue weighted by Crippen LogP contribution is 2.25. The van der Waals surface area contributed by atoms with Crippen molar-refractivity contribution in [1.82, 2.24) is 0 Å². The molecule has 1 unspecified atom stereocenters. The van der Waals surface area contributed by atoms with E-state index >= 15 is 0 Å². The topological polar surface area (TPSA) is 23.8 Å². The lowest BCUT2D eigenvalue weighted by Gasteiger charge is -2.03. The second-order valence-corrected chi connectivity index (χ2v) is 4.27. The standard InChI is InChI=1S/C9H7Br2N/c1-6-4-7(9(11)5-12)2-3-8(6)10/h2-4,9H,1H3. The van der Waals surface area contributed by atoms with Crippen LogP contribution in [0.25, 0.3) is 0 Å². The third kappa shape index (κ3) is 2.09. The van der Waals surface area contributed by atoms with Crippen LogP contribution >= 0.6 is 31.9 Å². The number of halogens is 2. The molecule has 0 heterocycles. The van der Waals surface area contributed by atoms with E-state index in [2.05, 4.69) is 37.9 Å². The van der Waals surface area contributed by atoms with E-state index in [1.807, 2.05) is 25.1 Å². The molecule has 3 heteroatoms. The van der Waals surface area contributed by atoms with Crippen LogP contribution in [0.2, 0.25) is 0 Å². The minimum absolute atomic E-state index is 0.204. The minimum atomic E-state index is -0.204. The molecular weight excluding hydrogens is 282 g/mol. The molecule has 62 valence electrons. The lowest BCUT2D eigenvalue weighted by atomic mass is 10.1. The van der Waals surface area contributed by atoms with Crippen molar-refractivity contribution in [3.8, 4) is 6.07 Å². The fourth-order valence-corrected chi connectivity index (χ4v) is 1.43. The highest BCUT2D eigenvalue weighted by atomic mass is 79.9. The van der Waals surface area contributed by atoms with Gasteiger partial charge in [-0.2, -0.15) is 5.26 Å². The van der Waals surface area contributed by atoms with Gasteiger partial charge in [-0.3, -0.25) is 0 Å². The van der Waals surface area contributed by atoms with Crippen LogP contribution in [0.5, 0.6) is 0 Å². The Morgan fingerprint density at radius 2 is 2.17 bits per heavy atom. The van der Waals surface area contributed by atoms with E-state index in [0.29, 0.717) is 0 Å². The van der Waals surface area contributed by atoms with Gasteiger partial charge >= 0.3 is 0 Å². The van der Waals surface area contributed by atoms with Crippen molar-refractivity contribution in [2.45, 2.75) is 11.8 Å². The summed E-state index contributed by atoms with van der Waals surface area (Å²) in [5.74, 6) is 0. The molecule has 0 fully saturated rings. The molecule has 1 rings (SSSR count). The Kier molecular flexibility index (Phi) is 3.30. The van der Waals surface area contributed by atoms with Crippen molar-refractivity contribution in [2.75, 3.05) is 0 Å². The molecule has 0 aliphatic heterocycles. The summed E-state index contributed by atoms with van der Waals surface area (Å²) >= 11 is 6.67. The zero-order valence-electron chi connectivity index (χ0n) is 6.51. The molecule has 12 heavy (non-hydrogen) atoms. The number of rotatable bonds is 1. The maximum atomic E-state index is 8.64. The zero-order valence-corrected chi connectivity index (χ0v) is 9.68. The number of alkyl halides is 1. The number of nitrogens with zero attached hydrogens (tertiary/aromatic N) is 1. The van der Waals surface area contributed by atoms with Gasteiger partial charge in [0.15, 0.2) is 0 Å². The lowest BCUT2D eigenvalue weighted by Crippen LogP contribution is -1.86. The maximum absolute atomic E-state index is 8.64. The molecule has 0 aliphatic carbocycles. The summed E-state index contributed by atoms with van der Waals surface area (Å²) in [7, 11) is 0. The average Bonchev–Trinajstić information content (AvgIpc) is 2.08. The Bertz CT molecular complexity index is 328. The van der Waals surface area contributed by atoms with Crippen LogP contribution in [0.1, 0.15) is 16.0 Å². The van der Waals surface area contributed by atoms with Crippen LogP contribution in [0, 0.1) is 18.3 Å². The fourth-order valence-electron chi connectivity index (χ4n) is 0.900. The summed E-state index contributed by atoms with van der Waals surface area (Å²) < 4.78 is 1.07. The molecule has 0 spiro atoms. The summed E-state index contributed by atoms with van der Waals surface area (Å²) in [6, 6.07) is 8.01. The van der Waals surface area contributed by atoms with E-state index in [0.717, 1.165) is 15.6 Å². The monoisotopic (exact) mass is 287 g/mol. The fraction of sp³-hybridized carbons (Fsp3) is 0.222. The van der Waals surface area contributed by atoms with E-state index in [1.165, 1.54) is 0 Å². The third-order valence-corrected chi connectivity index (χ3v) is 3.21. The number of benzene rings is 1. The summed E-state index contributed by atoms with van der Waals surface area (Å²) in [4.78, 5) is -0.204. The SMILES string of the molecule is Cc1cc(C(Br)C#N)ccc1Br. The van der Waals surface area contributed by atoms with Crippen molar-refractivity contribution in [2.24, 2.45) is 0 Å². The Balaban J connectivity index is 3.06. The van der Waals surface area contributed by atoms with Crippen LogP contribution in [-0.2, 0) is 0 Å². The summed E-state index contributed by atoms with van der Waals surface area (Å²) in [6.07, 6.45) is 0. The van der Waals surface area contributed by atoms with E-state index in [-0.39, 0.29) is 4.83 Å². The second-order valence-electron chi connectivity index (χ2n) is 2.50. The smallest absolute Gasteiger partial charge is 0.126 e. The molecule has 0 saturated heterocycles. The predicted molar refractivity (Wildman–Crippen MR) is 56.2 cm³/mol. The second kappa shape index (κ2) is 4.06. The molecular formula is C9H7Br2N. The van der Waals surface area contributed by atoms with Gasteiger partial charge in [0, 0.05) is 4.47 Å². The number of hydrogen-bond acceptors (Lipinski definition) is 1. The lowest BCUT2D eigenvalue weighted by molar-refractivity contribution is 1.22. The Hall–Kier alpha value is -0.330. The van der Waals surface area contributed by atoms with Gasteiger partial charge in [-0.1, -0.05) is 44.0 Å². The van der Waals surface area contributed by atoms with Gasteiger partial charge in [-0.25, -0.2) is 0 Å². The van der Waals surface area contributed by atoms with Crippen LogP contribution < -0.4 is 0 Å². The molecule has 0 aliphatic rings. The first-order valence-corrected chi connectivity index (χ1v) is 5.15. The van der Waals surface area contributed by atoms with E-state index in [1.54, 1.807) is 0 Å². The van der Waals surface area contributed by atoms with Gasteiger partial charge in [0.05, 0.1) is 6.07 Å². The molecule has 0 saturated carbocycles. The van der Waals surface area contributed by atoms with Crippen LogP contribution in [-0.4, -0.2) is 0 Å². The van der Waals surface area contributed by atoms with Crippen molar-refractivity contribution < 1.29 is 0 Å². The third-order valence-electron chi connectivity index (χ3n) is 1.59. The maximum Gasteiger partial charge on any atom is 0.126 e. The summed E-state index contributed by atoms with van der Waals surface area (Å²) in [5.41, 5.74) is 2.14. The first kappa shape index (κ1) is 9.76. The predicted octanol–water partition coefficient (Wildman–Crippen LogP) is 3.72. The van der Waals surface area contributed by atoms with Gasteiger partial charge < -0.3 is 0 Å². The molecule has 0 aromatic heterocycles. The largest absolute Gasteiger partial charge is 0.197 e. The average molecular weight is 289 g/mol. The molecule has 0 amide bonds. The Morgan fingerprint density at radius 1 is 1.50 bits per heavy atom. The van der Waals surface area contributed by atoms with Crippen molar-refractivity contribution >= 4 is 31.9 Å². The Morgan fingerprint density at radius 3 is 2.67 bits per heavy atom. The van der Waals surface area contributed by atoms with Gasteiger partial charge in [-0.15, -0.1) is 0 Å². The number of aryl methyl sites for hydroxylation is 1. The van der Waals surface area contributed by atoms with Gasteiger partial charge in [0.1, 0.15) is 4.83 Å². The number of nitriles is 1. The quantitative estimate of drug-likeness (QED) is 0.723. The molecule has 0 bridgehead atoms. The van der Waals surface area contributed by atoms with Gasteiger partial charge in [-0.05, 0) is 24.1 Å². The highest BCUT2D eigenvalue weighted by Gasteiger charge is 2.05. The summed E-state index contributed by atoms with van der Waals surface area (Å²) in [6.45, 7) is 2.00. The Labute approximate surface area is 88.7 Å². The van der Waals surface area contributed by atoms with Crippen molar-refractivity contribution in [3.63, 3.8) is 0 Å². The molecule has 1 aromatic rings. The first-order valence-electron chi connectivity index (χ1n) is 3.45. The summed E-state index contributed by atoms with van der Waals surface area (Å²) in [5, 5.41) is 8.64. The van der Waals surface area contributed by atoms with E-state index < -0.39 is 0 Å². The van der Waals surface area contributed by atoms with Gasteiger partial charge in [0.25, 0.3) is 0 Å². The minimum Gasteiger partial charge on any atom is -0.197 e. The molecule has 0 N–H and O–H groups in total. The number of hydrogen-bond donors (Lipinski definition) is 0. The molecule has 1 nitrogen and oxygen atoms in total. The van der Waals surface area contributed by atoms with E-state index in [4.69, 9.17) is 5.26 Å². The molecule has 1 aromatic carbocycles. The van der Waals surface area contributed by atoms with Crippen LogP contribution in [0.4, 0.5) is 0 Å².